The van der Waals surface area contributed by atoms with Crippen LogP contribution in [-0.4, -0.2) is 12.0 Å². The number of nitrogens with zero attached hydrogens (tertiary/aromatic N) is 1. The Kier molecular flexibility index (Phi) is 5.13. The Labute approximate surface area is 137 Å². The Bertz CT molecular complexity index is 759. The molecule has 0 N–H and O–H groups in total. The van der Waals surface area contributed by atoms with Crippen molar-refractivity contribution in [3.05, 3.63) is 53.0 Å². The van der Waals surface area contributed by atoms with E-state index in [9.17, 15) is 18.0 Å². The number of ketones is 1. The second-order valence-electron chi connectivity index (χ2n) is 5.71. The topological polar surface area (TPSA) is 54.0 Å². The molecule has 6 heteroatoms. The first kappa shape index (κ1) is 17.8. The number of halogens is 3. The molecule has 0 bridgehead atoms. The van der Waals surface area contributed by atoms with Crippen LogP contribution in [0.2, 0.25) is 0 Å². The minimum absolute atomic E-state index is 0.00934. The van der Waals surface area contributed by atoms with E-state index in [1.165, 1.54) is 31.4 Å². The highest BCUT2D eigenvalue weighted by molar-refractivity contribution is 5.82. The van der Waals surface area contributed by atoms with Gasteiger partial charge in [0.15, 0.2) is 0 Å². The zero-order valence-electron chi connectivity index (χ0n) is 13.3. The standard InChI is InChI=1S/C18H16F3NO2/c1-11-8-13(9-14(10-22)12(2)23)5-6-15(18(19,20)21)17(11)16-4-3-7-24-16/h3-7,14H,8-9H2,1-2H3. The monoisotopic (exact) mass is 335 g/mol. The van der Waals surface area contributed by atoms with Crippen molar-refractivity contribution in [2.24, 2.45) is 5.92 Å². The number of furan rings is 1. The Balaban J connectivity index is 2.47. The first-order valence-electron chi connectivity index (χ1n) is 7.35. The highest BCUT2D eigenvalue weighted by Crippen LogP contribution is 2.41. The van der Waals surface area contributed by atoms with E-state index in [2.05, 4.69) is 0 Å². The van der Waals surface area contributed by atoms with Crippen LogP contribution in [0.3, 0.4) is 0 Å². The minimum Gasteiger partial charge on any atom is -0.464 e. The average Bonchev–Trinajstić information content (AvgIpc) is 2.94. The number of Topliss-reactive ketones (excluding diaryl/α,β-unsaturated/α-hetero) is 1. The molecule has 0 saturated heterocycles. The van der Waals surface area contributed by atoms with Gasteiger partial charge in [0.05, 0.1) is 17.9 Å². The third-order valence-electron chi connectivity index (χ3n) is 3.86. The molecule has 1 unspecified atom stereocenters. The van der Waals surface area contributed by atoms with Crippen LogP contribution < -0.4 is 0 Å². The maximum absolute atomic E-state index is 13.4. The SMILES string of the molecule is CC(=O)C(C#N)CC1=CC=C(C(F)(F)F)C(c2ccco2)=C(C)C1. The Hall–Kier alpha value is -2.55. The van der Waals surface area contributed by atoms with Crippen molar-refractivity contribution in [1.29, 1.82) is 5.26 Å². The van der Waals surface area contributed by atoms with Crippen LogP contribution in [0.25, 0.3) is 5.57 Å². The van der Waals surface area contributed by atoms with Crippen molar-refractivity contribution >= 4 is 11.4 Å². The van der Waals surface area contributed by atoms with Crippen molar-refractivity contribution in [3.63, 3.8) is 0 Å². The molecule has 0 spiro atoms. The number of carbonyl (C=O) groups is 1. The van der Waals surface area contributed by atoms with E-state index in [4.69, 9.17) is 9.68 Å². The zero-order chi connectivity index (χ0) is 17.9. The predicted molar refractivity (Wildman–Crippen MR) is 82.5 cm³/mol. The summed E-state index contributed by atoms with van der Waals surface area (Å²) in [5.74, 6) is -0.998. The van der Waals surface area contributed by atoms with E-state index in [1.807, 2.05) is 6.07 Å². The van der Waals surface area contributed by atoms with Crippen LogP contribution in [0, 0.1) is 17.2 Å². The lowest BCUT2D eigenvalue weighted by atomic mass is 9.92. The molecule has 24 heavy (non-hydrogen) atoms. The summed E-state index contributed by atoms with van der Waals surface area (Å²) < 4.78 is 45.5. The molecule has 2 rings (SSSR count). The minimum atomic E-state index is -4.54. The number of hydrogen-bond acceptors (Lipinski definition) is 3. The molecule has 1 aliphatic carbocycles. The normalized spacial score (nSPS) is 16.8. The zero-order valence-corrected chi connectivity index (χ0v) is 13.3. The lowest BCUT2D eigenvalue weighted by Gasteiger charge is -2.15. The third kappa shape index (κ3) is 3.85. The van der Waals surface area contributed by atoms with E-state index in [1.54, 1.807) is 6.92 Å². The molecular weight excluding hydrogens is 319 g/mol. The van der Waals surface area contributed by atoms with Crippen LogP contribution in [0.5, 0.6) is 0 Å². The molecule has 0 radical (unpaired) electrons. The first-order chi connectivity index (χ1) is 11.2. The first-order valence-corrected chi connectivity index (χ1v) is 7.35. The van der Waals surface area contributed by atoms with Gasteiger partial charge in [-0.15, -0.1) is 0 Å². The number of hydrogen-bond donors (Lipinski definition) is 0. The summed E-state index contributed by atoms with van der Waals surface area (Å²) in [7, 11) is 0. The fourth-order valence-electron chi connectivity index (χ4n) is 2.69. The number of alkyl halides is 3. The fourth-order valence-corrected chi connectivity index (χ4v) is 2.69. The summed E-state index contributed by atoms with van der Waals surface area (Å²) in [6.45, 7) is 2.91. The molecule has 1 heterocycles. The van der Waals surface area contributed by atoms with Crippen LogP contribution in [0.4, 0.5) is 13.2 Å². The molecule has 0 amide bonds. The van der Waals surface area contributed by atoms with Crippen molar-refractivity contribution in [2.75, 3.05) is 0 Å². The Morgan fingerprint density at radius 3 is 2.62 bits per heavy atom. The molecule has 1 aromatic heterocycles. The number of nitriles is 1. The second-order valence-corrected chi connectivity index (χ2v) is 5.71. The van der Waals surface area contributed by atoms with Gasteiger partial charge in [-0.25, -0.2) is 0 Å². The second kappa shape index (κ2) is 6.91. The van der Waals surface area contributed by atoms with Crippen molar-refractivity contribution in [3.8, 4) is 6.07 Å². The summed E-state index contributed by atoms with van der Waals surface area (Å²) in [6.07, 6.45) is -0.490. The molecule has 126 valence electrons. The largest absolute Gasteiger partial charge is 0.464 e. The van der Waals surface area contributed by atoms with Gasteiger partial charge in [-0.05, 0) is 44.9 Å². The Morgan fingerprint density at radius 2 is 2.12 bits per heavy atom. The van der Waals surface area contributed by atoms with E-state index >= 15 is 0 Å². The van der Waals surface area contributed by atoms with Gasteiger partial charge in [0.25, 0.3) is 0 Å². The number of allylic oxidation sites excluding steroid dienone is 6. The lowest BCUT2D eigenvalue weighted by Crippen LogP contribution is -2.13. The molecule has 1 atom stereocenters. The van der Waals surface area contributed by atoms with Crippen molar-refractivity contribution in [2.45, 2.75) is 32.9 Å². The van der Waals surface area contributed by atoms with E-state index < -0.39 is 17.7 Å². The quantitative estimate of drug-likeness (QED) is 0.779. The smallest absolute Gasteiger partial charge is 0.417 e. The van der Waals surface area contributed by atoms with Gasteiger partial charge in [-0.2, -0.15) is 18.4 Å². The Morgan fingerprint density at radius 1 is 1.42 bits per heavy atom. The van der Waals surface area contributed by atoms with Gasteiger partial charge in [0.1, 0.15) is 17.5 Å². The molecule has 0 aromatic carbocycles. The van der Waals surface area contributed by atoms with Crippen molar-refractivity contribution < 1.29 is 22.4 Å². The van der Waals surface area contributed by atoms with E-state index in [0.717, 1.165) is 6.08 Å². The molecule has 3 nitrogen and oxygen atoms in total. The predicted octanol–water partition coefficient (Wildman–Crippen LogP) is 4.99. The average molecular weight is 335 g/mol. The molecular formula is C18H16F3NO2. The van der Waals surface area contributed by atoms with Gasteiger partial charge in [-0.1, -0.05) is 17.2 Å². The molecule has 0 aliphatic heterocycles. The molecule has 0 fully saturated rings. The molecule has 1 aromatic rings. The number of carbonyl (C=O) groups excluding carboxylic acids is 1. The van der Waals surface area contributed by atoms with Gasteiger partial charge < -0.3 is 4.42 Å². The van der Waals surface area contributed by atoms with Gasteiger partial charge in [0, 0.05) is 5.57 Å². The summed E-state index contributed by atoms with van der Waals surface area (Å²) >= 11 is 0. The summed E-state index contributed by atoms with van der Waals surface area (Å²) in [4.78, 5) is 11.4. The van der Waals surface area contributed by atoms with Crippen LogP contribution >= 0.6 is 0 Å². The maximum Gasteiger partial charge on any atom is 0.417 e. The van der Waals surface area contributed by atoms with E-state index in [0.29, 0.717) is 11.1 Å². The van der Waals surface area contributed by atoms with Crippen LogP contribution in [0.1, 0.15) is 32.4 Å². The maximum atomic E-state index is 13.4. The highest BCUT2D eigenvalue weighted by Gasteiger charge is 2.38. The molecule has 1 aliphatic rings. The summed E-state index contributed by atoms with van der Waals surface area (Å²) in [6, 6.07) is 4.91. The van der Waals surface area contributed by atoms with Gasteiger partial charge in [-0.3, -0.25) is 4.79 Å². The van der Waals surface area contributed by atoms with E-state index in [-0.39, 0.29) is 30.0 Å². The highest BCUT2D eigenvalue weighted by atomic mass is 19.4. The fraction of sp³-hybridized carbons (Fsp3) is 0.333. The molecule has 0 saturated carbocycles. The lowest BCUT2D eigenvalue weighted by molar-refractivity contribution is -0.119. The summed E-state index contributed by atoms with van der Waals surface area (Å²) in [5.41, 5.74) is 0.312. The summed E-state index contributed by atoms with van der Waals surface area (Å²) in [5, 5.41) is 9.03. The third-order valence-corrected chi connectivity index (χ3v) is 3.86. The van der Waals surface area contributed by atoms with Gasteiger partial charge >= 0.3 is 6.18 Å². The van der Waals surface area contributed by atoms with Gasteiger partial charge in [0.2, 0.25) is 0 Å². The van der Waals surface area contributed by atoms with Crippen molar-refractivity contribution in [1.82, 2.24) is 0 Å². The van der Waals surface area contributed by atoms with Crippen LogP contribution in [-0.2, 0) is 4.79 Å². The van der Waals surface area contributed by atoms with Crippen LogP contribution in [0.15, 0.2) is 51.7 Å². The number of rotatable bonds is 4.